The molecular formula is C19H14ClF3N2O5S. The van der Waals surface area contributed by atoms with Crippen molar-refractivity contribution in [1.82, 2.24) is 4.72 Å². The summed E-state index contributed by atoms with van der Waals surface area (Å²) in [5.74, 6) is 0.287. The molecule has 0 aromatic heterocycles. The number of ether oxygens (including phenoxy) is 1. The molecule has 0 atom stereocenters. The zero-order chi connectivity index (χ0) is 23.2. The average molecular weight is 475 g/mol. The summed E-state index contributed by atoms with van der Waals surface area (Å²) in [6.07, 6.45) is 0.282. The molecule has 2 rings (SSSR count). The van der Waals surface area contributed by atoms with Crippen LogP contribution in [-0.4, -0.2) is 33.4 Å². The third-order valence-electron chi connectivity index (χ3n) is 3.65. The second-order valence-corrected chi connectivity index (χ2v) is 8.04. The molecule has 0 spiro atoms. The van der Waals surface area contributed by atoms with Crippen LogP contribution in [0.4, 0.5) is 18.9 Å². The molecule has 0 unspecified atom stereocenters. The number of nitrogens with one attached hydrogen (secondary N) is 2. The first-order valence-corrected chi connectivity index (χ1v) is 10.2. The lowest BCUT2D eigenvalue weighted by Crippen LogP contribution is -2.24. The maximum Gasteiger partial charge on any atom is 0.417 e. The van der Waals surface area contributed by atoms with Crippen molar-refractivity contribution in [2.45, 2.75) is 11.1 Å². The van der Waals surface area contributed by atoms with Gasteiger partial charge in [0.15, 0.2) is 6.61 Å². The van der Waals surface area contributed by atoms with Crippen molar-refractivity contribution in [3.63, 3.8) is 0 Å². The number of esters is 1. The molecule has 0 saturated carbocycles. The van der Waals surface area contributed by atoms with Crippen LogP contribution in [-0.2, 0) is 25.7 Å². The number of sulfonamides is 1. The Hall–Kier alpha value is -3.07. The molecule has 0 saturated heterocycles. The molecule has 7 nitrogen and oxygen atoms in total. The summed E-state index contributed by atoms with van der Waals surface area (Å²) in [5.41, 5.74) is -1.36. The fourth-order valence-corrected chi connectivity index (χ4v) is 3.38. The second-order valence-electron chi connectivity index (χ2n) is 5.87. The minimum Gasteiger partial charge on any atom is -0.452 e. The van der Waals surface area contributed by atoms with Crippen LogP contribution in [0.3, 0.4) is 0 Å². The van der Waals surface area contributed by atoms with Gasteiger partial charge in [0.05, 0.1) is 27.6 Å². The number of terminal acetylenes is 1. The molecule has 31 heavy (non-hydrogen) atoms. The molecule has 0 aliphatic carbocycles. The highest BCUT2D eigenvalue weighted by Gasteiger charge is 2.33. The van der Waals surface area contributed by atoms with Crippen LogP contribution >= 0.6 is 11.6 Å². The van der Waals surface area contributed by atoms with Gasteiger partial charge in [0.2, 0.25) is 10.0 Å². The Kier molecular flexibility index (Phi) is 7.67. The number of hydrogen-bond acceptors (Lipinski definition) is 5. The maximum atomic E-state index is 12.9. The van der Waals surface area contributed by atoms with Crippen LogP contribution in [0, 0.1) is 12.3 Å². The van der Waals surface area contributed by atoms with Gasteiger partial charge in [-0.25, -0.2) is 13.2 Å². The molecule has 1 amide bonds. The first-order chi connectivity index (χ1) is 14.4. The largest absolute Gasteiger partial charge is 0.452 e. The number of carbonyl (C=O) groups excluding carboxylic acids is 2. The molecule has 2 aromatic rings. The lowest BCUT2D eigenvalue weighted by Gasteiger charge is -2.12. The van der Waals surface area contributed by atoms with Gasteiger partial charge >= 0.3 is 12.1 Å². The van der Waals surface area contributed by atoms with Gasteiger partial charge in [-0.05, 0) is 42.5 Å². The molecule has 0 radical (unpaired) electrons. The van der Waals surface area contributed by atoms with E-state index in [0.717, 1.165) is 24.3 Å². The van der Waals surface area contributed by atoms with Crippen LogP contribution in [0.25, 0.3) is 0 Å². The number of carbonyl (C=O) groups is 2. The molecule has 0 aliphatic rings. The molecule has 2 aromatic carbocycles. The highest BCUT2D eigenvalue weighted by atomic mass is 35.5. The van der Waals surface area contributed by atoms with Gasteiger partial charge < -0.3 is 10.1 Å². The topological polar surface area (TPSA) is 102 Å². The fourth-order valence-electron chi connectivity index (χ4n) is 2.22. The van der Waals surface area contributed by atoms with Crippen molar-refractivity contribution in [2.24, 2.45) is 0 Å². The smallest absolute Gasteiger partial charge is 0.417 e. The predicted octanol–water partition coefficient (Wildman–Crippen LogP) is 3.07. The highest BCUT2D eigenvalue weighted by molar-refractivity contribution is 7.89. The number of rotatable bonds is 7. The van der Waals surface area contributed by atoms with Gasteiger partial charge in [0.25, 0.3) is 5.91 Å². The first-order valence-electron chi connectivity index (χ1n) is 8.31. The van der Waals surface area contributed by atoms with Crippen molar-refractivity contribution >= 4 is 39.2 Å². The van der Waals surface area contributed by atoms with E-state index in [0.29, 0.717) is 6.07 Å². The molecule has 2 N–H and O–H groups in total. The van der Waals surface area contributed by atoms with E-state index in [1.54, 1.807) is 0 Å². The summed E-state index contributed by atoms with van der Waals surface area (Å²) in [6.45, 7) is -0.994. The average Bonchev–Trinajstić information content (AvgIpc) is 2.71. The van der Waals surface area contributed by atoms with E-state index in [9.17, 15) is 31.2 Å². The molecule has 0 bridgehead atoms. The van der Waals surface area contributed by atoms with Crippen LogP contribution in [0.15, 0.2) is 47.4 Å². The van der Waals surface area contributed by atoms with Gasteiger partial charge in [-0.3, -0.25) is 4.79 Å². The van der Waals surface area contributed by atoms with E-state index in [1.807, 2.05) is 0 Å². The second kappa shape index (κ2) is 9.82. The number of halogens is 4. The van der Waals surface area contributed by atoms with Crippen molar-refractivity contribution in [3.8, 4) is 12.3 Å². The Morgan fingerprint density at radius 1 is 1.13 bits per heavy atom. The quantitative estimate of drug-likeness (QED) is 0.474. The van der Waals surface area contributed by atoms with E-state index in [1.165, 1.54) is 12.1 Å². The van der Waals surface area contributed by atoms with E-state index in [2.05, 4.69) is 16.0 Å². The highest BCUT2D eigenvalue weighted by Crippen LogP contribution is 2.36. The van der Waals surface area contributed by atoms with Gasteiger partial charge in [-0.1, -0.05) is 17.5 Å². The van der Waals surface area contributed by atoms with E-state index < -0.39 is 45.3 Å². The van der Waals surface area contributed by atoms with Crippen molar-refractivity contribution in [2.75, 3.05) is 18.5 Å². The van der Waals surface area contributed by atoms with Gasteiger partial charge in [-0.15, -0.1) is 6.42 Å². The number of benzene rings is 2. The normalized spacial score (nSPS) is 11.5. The van der Waals surface area contributed by atoms with Gasteiger partial charge in [-0.2, -0.15) is 17.9 Å². The standard InChI is InChI=1S/C19H14ClF3N2O5S/c1-2-9-24-31(28,29)14-6-3-12(4-7-14)18(27)30-11-17(26)25-13-5-8-16(20)15(10-13)19(21,22)23/h1,3-8,10,24H,9,11H2,(H,25,26). The minimum atomic E-state index is -4.71. The minimum absolute atomic E-state index is 0.0467. The number of alkyl halides is 3. The summed E-state index contributed by atoms with van der Waals surface area (Å²) >= 11 is 5.50. The summed E-state index contributed by atoms with van der Waals surface area (Å²) in [5, 5.41) is 1.63. The molecule has 0 heterocycles. The van der Waals surface area contributed by atoms with Crippen molar-refractivity contribution < 1.29 is 35.9 Å². The summed E-state index contributed by atoms with van der Waals surface area (Å²) in [6, 6.07) is 7.39. The van der Waals surface area contributed by atoms with Crippen LogP contribution in [0.5, 0.6) is 0 Å². The maximum absolute atomic E-state index is 12.9. The Morgan fingerprint density at radius 3 is 2.35 bits per heavy atom. The molecule has 164 valence electrons. The Bertz CT molecular complexity index is 1130. The van der Waals surface area contributed by atoms with E-state index >= 15 is 0 Å². The van der Waals surface area contributed by atoms with Crippen molar-refractivity contribution in [1.29, 1.82) is 0 Å². The zero-order valence-electron chi connectivity index (χ0n) is 15.5. The third kappa shape index (κ3) is 6.71. The number of amides is 1. The SMILES string of the molecule is C#CCNS(=O)(=O)c1ccc(C(=O)OCC(=O)Nc2ccc(Cl)c(C(F)(F)F)c2)cc1. The molecule has 12 heteroatoms. The zero-order valence-corrected chi connectivity index (χ0v) is 17.1. The Labute approximate surface area is 180 Å². The number of anilines is 1. The van der Waals surface area contributed by atoms with Crippen LogP contribution < -0.4 is 10.0 Å². The fraction of sp³-hybridized carbons (Fsp3) is 0.158. The van der Waals surface area contributed by atoms with Gasteiger partial charge in [0, 0.05) is 5.69 Å². The first kappa shape index (κ1) is 24.2. The lowest BCUT2D eigenvalue weighted by atomic mass is 10.2. The molecule has 0 fully saturated rings. The van der Waals surface area contributed by atoms with Gasteiger partial charge in [0.1, 0.15) is 0 Å². The predicted molar refractivity (Wildman–Crippen MR) is 106 cm³/mol. The van der Waals surface area contributed by atoms with E-state index in [-0.39, 0.29) is 22.7 Å². The Morgan fingerprint density at radius 2 is 1.77 bits per heavy atom. The molecular weight excluding hydrogens is 461 g/mol. The van der Waals surface area contributed by atoms with E-state index in [4.69, 9.17) is 22.8 Å². The van der Waals surface area contributed by atoms with Crippen molar-refractivity contribution in [3.05, 3.63) is 58.6 Å². The molecule has 0 aliphatic heterocycles. The monoisotopic (exact) mass is 474 g/mol. The summed E-state index contributed by atoms with van der Waals surface area (Å²) in [7, 11) is -3.84. The lowest BCUT2D eigenvalue weighted by molar-refractivity contribution is -0.137. The summed E-state index contributed by atoms with van der Waals surface area (Å²) in [4.78, 5) is 23.7. The number of hydrogen-bond donors (Lipinski definition) is 2. The summed E-state index contributed by atoms with van der Waals surface area (Å²) < 4.78 is 69.3. The van der Waals surface area contributed by atoms with Crippen LogP contribution in [0.2, 0.25) is 5.02 Å². The Balaban J connectivity index is 1.97. The third-order valence-corrected chi connectivity index (χ3v) is 5.40. The van der Waals surface area contributed by atoms with Crippen LogP contribution in [0.1, 0.15) is 15.9 Å².